The Bertz CT molecular complexity index is 575. The lowest BCUT2D eigenvalue weighted by Crippen LogP contribution is -2.06. The van der Waals surface area contributed by atoms with E-state index in [1.54, 1.807) is 0 Å². The van der Waals surface area contributed by atoms with Crippen molar-refractivity contribution in [2.24, 2.45) is 0 Å². The van der Waals surface area contributed by atoms with Crippen molar-refractivity contribution >= 4 is 14.3 Å². The molecule has 0 aliphatic heterocycles. The quantitative estimate of drug-likeness (QED) is 0.241. The highest BCUT2D eigenvalue weighted by Crippen LogP contribution is 2.52. The molecule has 0 aliphatic carbocycles. The van der Waals surface area contributed by atoms with Crippen molar-refractivity contribution < 1.29 is 9.13 Å². The van der Waals surface area contributed by atoms with Crippen LogP contribution in [0.3, 0.4) is 0 Å². The van der Waals surface area contributed by atoms with Crippen LogP contribution in [-0.2, 0) is 9.13 Å². The Morgan fingerprint density at radius 1 is 0.577 bits per heavy atom. The Morgan fingerprint density at radius 3 is 1.19 bits per heavy atom. The van der Waals surface area contributed by atoms with Crippen LogP contribution in [0.25, 0.3) is 0 Å². The van der Waals surface area contributed by atoms with Crippen LogP contribution >= 0.6 is 14.3 Å². The highest BCUT2D eigenvalue weighted by atomic mass is 31.2. The van der Waals surface area contributed by atoms with Gasteiger partial charge in [0.05, 0.1) is 32.5 Å². The lowest BCUT2D eigenvalue weighted by Gasteiger charge is -2.21. The summed E-state index contributed by atoms with van der Waals surface area (Å²) in [5, 5.41) is 26.1. The van der Waals surface area contributed by atoms with Crippen LogP contribution < -0.4 is 0 Å². The molecule has 0 N–H and O–H groups in total. The van der Waals surface area contributed by atoms with Gasteiger partial charge in [-0.25, -0.2) is 0 Å². The third-order valence-corrected chi connectivity index (χ3v) is 11.4. The average molecular weight is 397 g/mol. The SMILES string of the molecule is CCCCP(=O)(CCCC#N)CCCP(=O)(CCCC#N)CCCC#N. The first-order valence-corrected chi connectivity index (χ1v) is 14.2. The van der Waals surface area contributed by atoms with Crippen molar-refractivity contribution in [2.45, 2.75) is 64.7 Å². The fourth-order valence-corrected chi connectivity index (χ4v) is 9.26. The molecule has 0 aromatic carbocycles. The molecule has 0 aromatic rings. The molecule has 0 spiro atoms. The average Bonchev–Trinajstić information content (AvgIpc) is 2.61. The molecule has 1 atom stereocenters. The normalized spacial score (nSPS) is 13.3. The zero-order chi connectivity index (χ0) is 19.7. The maximum atomic E-state index is 13.2. The number of unbranched alkanes of at least 4 members (excludes halogenated alkanes) is 4. The van der Waals surface area contributed by atoms with Gasteiger partial charge in [-0.3, -0.25) is 0 Å². The Balaban J connectivity index is 4.70. The largest absolute Gasteiger partial charge is 0.324 e. The van der Waals surface area contributed by atoms with Crippen LogP contribution in [0, 0.1) is 34.0 Å². The predicted octanol–water partition coefficient (Wildman–Crippen LogP) is 5.81. The highest BCUT2D eigenvalue weighted by Gasteiger charge is 2.25. The predicted molar refractivity (Wildman–Crippen MR) is 108 cm³/mol. The van der Waals surface area contributed by atoms with Crippen LogP contribution in [0.2, 0.25) is 0 Å². The molecule has 0 radical (unpaired) electrons. The van der Waals surface area contributed by atoms with Crippen LogP contribution in [0.5, 0.6) is 0 Å². The summed E-state index contributed by atoms with van der Waals surface area (Å²) in [7, 11) is -4.69. The maximum absolute atomic E-state index is 13.2. The Kier molecular flexibility index (Phi) is 14.4. The molecule has 0 saturated heterocycles. The molecule has 5 nitrogen and oxygen atoms in total. The molecule has 0 fully saturated rings. The topological polar surface area (TPSA) is 106 Å². The number of nitrogens with zero attached hydrogens (tertiary/aromatic N) is 3. The van der Waals surface area contributed by atoms with E-state index in [2.05, 4.69) is 25.1 Å². The zero-order valence-corrected chi connectivity index (χ0v) is 17.9. The van der Waals surface area contributed by atoms with E-state index in [-0.39, 0.29) is 0 Å². The molecule has 0 aromatic heterocycles. The first-order chi connectivity index (χ1) is 12.4. The monoisotopic (exact) mass is 397 g/mol. The van der Waals surface area contributed by atoms with Gasteiger partial charge < -0.3 is 9.13 Å². The van der Waals surface area contributed by atoms with Gasteiger partial charge in [0, 0.05) is 56.2 Å². The second kappa shape index (κ2) is 15.0. The van der Waals surface area contributed by atoms with E-state index in [9.17, 15) is 9.13 Å². The molecule has 0 aliphatic rings. The van der Waals surface area contributed by atoms with Gasteiger partial charge in [0.25, 0.3) is 0 Å². The van der Waals surface area contributed by atoms with E-state index in [4.69, 9.17) is 15.8 Å². The molecule has 0 saturated carbocycles. The van der Waals surface area contributed by atoms with Crippen molar-refractivity contribution in [2.75, 3.05) is 37.0 Å². The lowest BCUT2D eigenvalue weighted by atomic mass is 10.4. The number of rotatable bonds is 16. The van der Waals surface area contributed by atoms with Crippen LogP contribution in [0.1, 0.15) is 64.7 Å². The molecule has 0 amide bonds. The van der Waals surface area contributed by atoms with Crippen molar-refractivity contribution in [3.05, 3.63) is 0 Å². The summed E-state index contributed by atoms with van der Waals surface area (Å²) >= 11 is 0. The Morgan fingerprint density at radius 2 is 0.885 bits per heavy atom. The van der Waals surface area contributed by atoms with Gasteiger partial charge >= 0.3 is 0 Å². The second-order valence-electron chi connectivity index (χ2n) is 6.95. The lowest BCUT2D eigenvalue weighted by molar-refractivity contribution is 0.565. The van der Waals surface area contributed by atoms with E-state index in [0.29, 0.717) is 75.8 Å². The zero-order valence-electron chi connectivity index (χ0n) is 16.2. The van der Waals surface area contributed by atoms with Crippen molar-refractivity contribution in [3.8, 4) is 18.2 Å². The van der Waals surface area contributed by atoms with Gasteiger partial charge in [-0.1, -0.05) is 13.3 Å². The molecule has 1 unspecified atom stereocenters. The summed E-state index contributed by atoms with van der Waals surface area (Å²) in [5.74, 6) is 0. The van der Waals surface area contributed by atoms with Crippen molar-refractivity contribution in [1.82, 2.24) is 0 Å². The van der Waals surface area contributed by atoms with Gasteiger partial charge in [0.2, 0.25) is 0 Å². The molecule has 0 bridgehead atoms. The molecular formula is C19H33N3O2P2. The van der Waals surface area contributed by atoms with E-state index < -0.39 is 14.3 Å². The second-order valence-corrected chi connectivity index (χ2v) is 13.9. The van der Waals surface area contributed by atoms with Gasteiger partial charge in [0.15, 0.2) is 0 Å². The molecular weight excluding hydrogens is 364 g/mol. The van der Waals surface area contributed by atoms with Crippen LogP contribution in [0.4, 0.5) is 0 Å². The molecule has 7 heteroatoms. The first kappa shape index (κ1) is 24.9. The van der Waals surface area contributed by atoms with Gasteiger partial charge in [-0.05, 0) is 32.1 Å². The Labute approximate surface area is 159 Å². The third-order valence-electron chi connectivity index (χ3n) is 4.61. The molecule has 146 valence electrons. The van der Waals surface area contributed by atoms with Gasteiger partial charge in [0.1, 0.15) is 0 Å². The number of nitriles is 3. The molecule has 0 rings (SSSR count). The van der Waals surface area contributed by atoms with E-state index >= 15 is 0 Å². The fourth-order valence-electron chi connectivity index (χ4n) is 3.10. The van der Waals surface area contributed by atoms with E-state index in [1.807, 2.05) is 0 Å². The first-order valence-electron chi connectivity index (χ1n) is 9.70. The standard InChI is InChI=1S/C19H33N3O2P2/c1-2-3-14-25(23,15-7-4-11-20)18-10-19-26(24,16-8-5-12-21)17-9-6-13-22/h2-10,14-19H2,1H3. The van der Waals surface area contributed by atoms with Gasteiger partial charge in [-0.2, -0.15) is 15.8 Å². The van der Waals surface area contributed by atoms with Crippen LogP contribution in [0.15, 0.2) is 0 Å². The summed E-state index contributed by atoms with van der Waals surface area (Å²) in [6, 6.07) is 6.31. The van der Waals surface area contributed by atoms with Crippen LogP contribution in [-0.4, -0.2) is 37.0 Å². The third kappa shape index (κ3) is 12.3. The van der Waals surface area contributed by atoms with Crippen molar-refractivity contribution in [1.29, 1.82) is 15.8 Å². The highest BCUT2D eigenvalue weighted by molar-refractivity contribution is 7.64. The minimum absolute atomic E-state index is 0.408. The minimum atomic E-state index is -2.40. The summed E-state index contributed by atoms with van der Waals surface area (Å²) in [5.41, 5.74) is 0. The molecule has 26 heavy (non-hydrogen) atoms. The summed E-state index contributed by atoms with van der Waals surface area (Å²) in [6.07, 6.45) is 9.46. The van der Waals surface area contributed by atoms with E-state index in [1.165, 1.54) is 0 Å². The Hall–Kier alpha value is -1.07. The summed E-state index contributed by atoms with van der Waals surface area (Å²) in [6.45, 7) is 2.08. The molecule has 0 heterocycles. The summed E-state index contributed by atoms with van der Waals surface area (Å²) < 4.78 is 26.3. The van der Waals surface area contributed by atoms with Crippen molar-refractivity contribution in [3.63, 3.8) is 0 Å². The van der Waals surface area contributed by atoms with Gasteiger partial charge in [-0.15, -0.1) is 0 Å². The summed E-state index contributed by atoms with van der Waals surface area (Å²) in [4.78, 5) is 0. The number of hydrogen-bond donors (Lipinski definition) is 0. The maximum Gasteiger partial charge on any atom is 0.0878 e. The fraction of sp³-hybridized carbons (Fsp3) is 0.842. The minimum Gasteiger partial charge on any atom is -0.324 e. The van der Waals surface area contributed by atoms with E-state index in [0.717, 1.165) is 19.0 Å². The number of hydrogen-bond acceptors (Lipinski definition) is 5. The smallest absolute Gasteiger partial charge is 0.0878 e.